The van der Waals surface area contributed by atoms with Gasteiger partial charge in [0.15, 0.2) is 6.17 Å². The van der Waals surface area contributed by atoms with Crippen molar-refractivity contribution < 1.29 is 9.18 Å². The number of para-hydroxylation sites is 1. The lowest BCUT2D eigenvalue weighted by molar-refractivity contribution is -0.117. The molecule has 1 unspecified atom stereocenters. The molecule has 0 saturated heterocycles. The van der Waals surface area contributed by atoms with Crippen LogP contribution in [0.5, 0.6) is 0 Å². The van der Waals surface area contributed by atoms with Gasteiger partial charge in [-0.15, -0.1) is 0 Å². The van der Waals surface area contributed by atoms with E-state index in [4.69, 9.17) is 5.73 Å². The van der Waals surface area contributed by atoms with E-state index in [0.717, 1.165) is 5.56 Å². The zero-order chi connectivity index (χ0) is 14.1. The quantitative estimate of drug-likeness (QED) is 0.830. The molecule has 5 heteroatoms. The first-order valence-corrected chi connectivity index (χ1v) is 6.15. The van der Waals surface area contributed by atoms with Gasteiger partial charge in [-0.1, -0.05) is 30.3 Å². The van der Waals surface area contributed by atoms with E-state index in [1.54, 1.807) is 24.3 Å². The van der Waals surface area contributed by atoms with E-state index in [0.29, 0.717) is 17.0 Å². The predicted octanol–water partition coefficient (Wildman–Crippen LogP) is 1.90. The molecule has 1 heterocycles. The van der Waals surface area contributed by atoms with Gasteiger partial charge in [0, 0.05) is 11.1 Å². The maximum Gasteiger partial charge on any atom is 0.263 e. The average Bonchev–Trinajstić information content (AvgIpc) is 2.57. The molecule has 0 saturated carbocycles. The fourth-order valence-corrected chi connectivity index (χ4v) is 2.14. The summed E-state index contributed by atoms with van der Waals surface area (Å²) in [7, 11) is 0. The predicted molar refractivity (Wildman–Crippen MR) is 75.1 cm³/mol. The summed E-state index contributed by atoms with van der Waals surface area (Å²) < 4.78 is 13.4. The summed E-state index contributed by atoms with van der Waals surface area (Å²) in [5, 5.41) is 2.71. The van der Waals surface area contributed by atoms with Crippen LogP contribution >= 0.6 is 0 Å². The SMILES string of the molecule is NC1N=C(c2cccc(F)c2)c2ccccc2NC1=O. The van der Waals surface area contributed by atoms with Crippen molar-refractivity contribution in [1.82, 2.24) is 0 Å². The highest BCUT2D eigenvalue weighted by Gasteiger charge is 2.22. The number of anilines is 1. The fraction of sp³-hybridized carbons (Fsp3) is 0.0667. The number of hydrogen-bond donors (Lipinski definition) is 2. The van der Waals surface area contributed by atoms with Crippen LogP contribution in [0.4, 0.5) is 10.1 Å². The smallest absolute Gasteiger partial charge is 0.263 e. The molecule has 3 N–H and O–H groups in total. The largest absolute Gasteiger partial charge is 0.322 e. The second-order valence-electron chi connectivity index (χ2n) is 4.47. The average molecular weight is 269 g/mol. The van der Waals surface area contributed by atoms with Gasteiger partial charge in [-0.2, -0.15) is 0 Å². The maximum absolute atomic E-state index is 13.4. The number of benzene rings is 2. The number of rotatable bonds is 1. The standard InChI is InChI=1S/C15H12FN3O/c16-10-5-3-4-9(8-10)13-11-6-1-2-7-12(11)18-15(20)14(17)19-13/h1-8,14H,17H2,(H,18,20). The van der Waals surface area contributed by atoms with E-state index in [1.165, 1.54) is 12.1 Å². The molecule has 1 aliphatic heterocycles. The molecule has 0 aliphatic carbocycles. The van der Waals surface area contributed by atoms with Crippen LogP contribution < -0.4 is 11.1 Å². The Bertz CT molecular complexity index is 712. The Balaban J connectivity index is 2.21. The Hall–Kier alpha value is -2.53. The number of carbonyl (C=O) groups excluding carboxylic acids is 1. The van der Waals surface area contributed by atoms with Gasteiger partial charge in [0.05, 0.1) is 11.4 Å². The molecule has 20 heavy (non-hydrogen) atoms. The summed E-state index contributed by atoms with van der Waals surface area (Å²) in [6.45, 7) is 0. The second kappa shape index (κ2) is 4.86. The number of amides is 1. The molecule has 0 fully saturated rings. The number of nitrogens with one attached hydrogen (secondary N) is 1. The van der Waals surface area contributed by atoms with Crippen molar-refractivity contribution in [2.45, 2.75) is 6.17 Å². The van der Waals surface area contributed by atoms with Crippen LogP contribution in [0.2, 0.25) is 0 Å². The van der Waals surface area contributed by atoms with E-state index in [1.807, 2.05) is 12.1 Å². The highest BCUT2D eigenvalue weighted by atomic mass is 19.1. The first-order chi connectivity index (χ1) is 9.65. The van der Waals surface area contributed by atoms with Crippen molar-refractivity contribution in [1.29, 1.82) is 0 Å². The monoisotopic (exact) mass is 269 g/mol. The summed E-state index contributed by atoms with van der Waals surface area (Å²) >= 11 is 0. The van der Waals surface area contributed by atoms with Gasteiger partial charge < -0.3 is 11.1 Å². The van der Waals surface area contributed by atoms with Crippen LogP contribution in [0, 0.1) is 5.82 Å². The minimum atomic E-state index is -1.01. The Morgan fingerprint density at radius 2 is 1.95 bits per heavy atom. The molecule has 0 bridgehead atoms. The number of nitrogens with two attached hydrogens (primary N) is 1. The topological polar surface area (TPSA) is 67.5 Å². The molecule has 4 nitrogen and oxygen atoms in total. The van der Waals surface area contributed by atoms with Crippen LogP contribution in [0.1, 0.15) is 11.1 Å². The Morgan fingerprint density at radius 1 is 1.15 bits per heavy atom. The molecule has 1 amide bonds. The number of aliphatic imine (C=N–C) groups is 1. The van der Waals surface area contributed by atoms with Crippen molar-refractivity contribution in [2.24, 2.45) is 10.7 Å². The summed E-state index contributed by atoms with van der Waals surface area (Å²) in [5.74, 6) is -0.747. The molecular weight excluding hydrogens is 257 g/mol. The second-order valence-corrected chi connectivity index (χ2v) is 4.47. The lowest BCUT2D eigenvalue weighted by Gasteiger charge is -2.09. The molecule has 1 aliphatic rings. The van der Waals surface area contributed by atoms with E-state index >= 15 is 0 Å². The molecular formula is C15H12FN3O. The Morgan fingerprint density at radius 3 is 2.75 bits per heavy atom. The summed E-state index contributed by atoms with van der Waals surface area (Å²) in [4.78, 5) is 16.0. The zero-order valence-corrected chi connectivity index (χ0v) is 10.5. The summed E-state index contributed by atoms with van der Waals surface area (Å²) in [6.07, 6.45) is -1.01. The minimum Gasteiger partial charge on any atom is -0.322 e. The van der Waals surface area contributed by atoms with Crippen molar-refractivity contribution >= 4 is 17.3 Å². The van der Waals surface area contributed by atoms with Crippen LogP contribution in [0.3, 0.4) is 0 Å². The van der Waals surface area contributed by atoms with Gasteiger partial charge in [-0.05, 0) is 18.2 Å². The minimum absolute atomic E-state index is 0.361. The fourth-order valence-electron chi connectivity index (χ4n) is 2.14. The Labute approximate surface area is 115 Å². The zero-order valence-electron chi connectivity index (χ0n) is 10.5. The highest BCUT2D eigenvalue weighted by molar-refractivity contribution is 6.19. The number of halogens is 1. The Kier molecular flexibility index (Phi) is 3.04. The normalized spacial score (nSPS) is 17.8. The van der Waals surface area contributed by atoms with Crippen LogP contribution in [0.15, 0.2) is 53.5 Å². The molecule has 0 radical (unpaired) electrons. The van der Waals surface area contributed by atoms with E-state index in [9.17, 15) is 9.18 Å². The number of nitrogens with zero attached hydrogens (tertiary/aromatic N) is 1. The highest BCUT2D eigenvalue weighted by Crippen LogP contribution is 2.23. The van der Waals surface area contributed by atoms with Gasteiger partial charge in [0.1, 0.15) is 5.82 Å². The first-order valence-electron chi connectivity index (χ1n) is 6.15. The van der Waals surface area contributed by atoms with E-state index in [2.05, 4.69) is 10.3 Å². The third-order valence-electron chi connectivity index (χ3n) is 3.07. The van der Waals surface area contributed by atoms with Gasteiger partial charge in [0.2, 0.25) is 0 Å². The molecule has 2 aromatic rings. The lowest BCUT2D eigenvalue weighted by Crippen LogP contribution is -2.33. The van der Waals surface area contributed by atoms with E-state index in [-0.39, 0.29) is 11.7 Å². The number of hydrogen-bond acceptors (Lipinski definition) is 3. The van der Waals surface area contributed by atoms with Crippen LogP contribution in [-0.2, 0) is 4.79 Å². The summed E-state index contributed by atoms with van der Waals surface area (Å²) in [5.41, 5.74) is 8.16. The lowest BCUT2D eigenvalue weighted by atomic mass is 10.0. The van der Waals surface area contributed by atoms with Crippen molar-refractivity contribution in [3.8, 4) is 0 Å². The molecule has 0 aromatic heterocycles. The van der Waals surface area contributed by atoms with Crippen LogP contribution in [0.25, 0.3) is 0 Å². The third-order valence-corrected chi connectivity index (χ3v) is 3.07. The third kappa shape index (κ3) is 2.19. The van der Waals surface area contributed by atoms with Crippen molar-refractivity contribution in [2.75, 3.05) is 5.32 Å². The molecule has 1 atom stereocenters. The van der Waals surface area contributed by atoms with Gasteiger partial charge in [-0.25, -0.2) is 4.39 Å². The number of carbonyl (C=O) groups is 1. The summed E-state index contributed by atoms with van der Waals surface area (Å²) in [6, 6.07) is 13.3. The van der Waals surface area contributed by atoms with Crippen molar-refractivity contribution in [3.05, 3.63) is 65.5 Å². The number of fused-ring (bicyclic) bond motifs is 1. The molecule has 100 valence electrons. The van der Waals surface area contributed by atoms with Crippen LogP contribution in [-0.4, -0.2) is 17.8 Å². The maximum atomic E-state index is 13.4. The van der Waals surface area contributed by atoms with Gasteiger partial charge >= 0.3 is 0 Å². The first kappa shape index (κ1) is 12.5. The van der Waals surface area contributed by atoms with Gasteiger partial charge in [0.25, 0.3) is 5.91 Å². The molecule has 3 rings (SSSR count). The molecule has 0 spiro atoms. The van der Waals surface area contributed by atoms with E-state index < -0.39 is 6.17 Å². The molecule has 2 aromatic carbocycles. The van der Waals surface area contributed by atoms with Crippen molar-refractivity contribution in [3.63, 3.8) is 0 Å². The number of benzodiazepines with no additional fused rings is 1. The van der Waals surface area contributed by atoms with Gasteiger partial charge in [-0.3, -0.25) is 9.79 Å².